The van der Waals surface area contributed by atoms with Crippen LogP contribution in [0, 0.1) is 5.92 Å². The second kappa shape index (κ2) is 13.4. The van der Waals surface area contributed by atoms with Gasteiger partial charge in [0.1, 0.15) is 13.2 Å². The molecule has 1 fully saturated rings. The number of aliphatic hydroxyl groups excluding tert-OH is 2. The average Bonchev–Trinajstić information content (AvgIpc) is 2.91. The highest BCUT2D eigenvalue weighted by Crippen LogP contribution is 2.38. The van der Waals surface area contributed by atoms with Crippen LogP contribution >= 0.6 is 0 Å². The summed E-state index contributed by atoms with van der Waals surface area (Å²) in [6, 6.07) is 12.6. The minimum atomic E-state index is -0.701. The highest BCUT2D eigenvalue weighted by atomic mass is 16.5. The summed E-state index contributed by atoms with van der Waals surface area (Å²) < 4.78 is 10.6. The predicted molar refractivity (Wildman–Crippen MR) is 141 cm³/mol. The third-order valence-electron chi connectivity index (χ3n) is 7.17. The van der Waals surface area contributed by atoms with Crippen molar-refractivity contribution in [3.8, 4) is 0 Å². The van der Waals surface area contributed by atoms with Crippen molar-refractivity contribution in [1.82, 2.24) is 0 Å². The van der Waals surface area contributed by atoms with Crippen molar-refractivity contribution in [2.75, 3.05) is 26.4 Å². The molecule has 0 unspecified atom stereocenters. The van der Waals surface area contributed by atoms with Crippen LogP contribution in [0.4, 0.5) is 0 Å². The Morgan fingerprint density at radius 3 is 2.00 bits per heavy atom. The smallest absolute Gasteiger partial charge is 0.335 e. The van der Waals surface area contributed by atoms with Gasteiger partial charge in [-0.2, -0.15) is 0 Å². The lowest BCUT2D eigenvalue weighted by atomic mass is 9.77. The lowest BCUT2D eigenvalue weighted by Gasteiger charge is -2.28. The normalized spacial score (nSPS) is 17.7. The van der Waals surface area contributed by atoms with Gasteiger partial charge in [-0.1, -0.05) is 69.3 Å². The molecule has 0 radical (unpaired) electrons. The molecule has 0 aromatic heterocycles. The number of rotatable bonds is 12. The Balaban J connectivity index is 1.75. The van der Waals surface area contributed by atoms with Gasteiger partial charge in [0.25, 0.3) is 0 Å². The molecule has 0 atom stereocenters. The minimum absolute atomic E-state index is 0.0471. The maximum absolute atomic E-state index is 12.0. The number of hydrogen-bond donors (Lipinski definition) is 2. The third kappa shape index (κ3) is 7.28. The fourth-order valence-electron chi connectivity index (χ4n) is 4.91. The van der Waals surface area contributed by atoms with Gasteiger partial charge in [0.2, 0.25) is 0 Å². The molecule has 0 amide bonds. The van der Waals surface area contributed by atoms with Crippen LogP contribution in [0.5, 0.6) is 0 Å². The first-order valence-corrected chi connectivity index (χ1v) is 12.8. The van der Waals surface area contributed by atoms with Gasteiger partial charge in [0, 0.05) is 0 Å². The van der Waals surface area contributed by atoms with Crippen LogP contribution in [0.25, 0.3) is 10.8 Å². The zero-order valence-electron chi connectivity index (χ0n) is 21.2. The van der Waals surface area contributed by atoms with E-state index in [0.29, 0.717) is 5.92 Å². The van der Waals surface area contributed by atoms with E-state index in [1.165, 1.54) is 44.1 Å². The molecule has 0 bridgehead atoms. The van der Waals surface area contributed by atoms with Crippen LogP contribution in [0.2, 0.25) is 0 Å². The van der Waals surface area contributed by atoms with Crippen molar-refractivity contribution in [1.29, 1.82) is 0 Å². The maximum atomic E-state index is 12.0. The van der Waals surface area contributed by atoms with Crippen LogP contribution in [0.15, 0.2) is 60.7 Å². The molecule has 3 rings (SSSR count). The molecule has 1 aliphatic carbocycles. The van der Waals surface area contributed by atoms with Crippen molar-refractivity contribution in [2.24, 2.45) is 5.92 Å². The standard InChI is InChI=1S/C30H38O6/c1-4-5-22-6-8-23(9-7-22)24-10-11-26-15-27(13-12-25(26)14-24)28(18-35-29(33)20(2)16-31)19-36-30(34)21(3)17-32/h10-15,22-23,28,31-32H,2-9,16-19H2,1H3. The van der Waals surface area contributed by atoms with E-state index < -0.39 is 31.1 Å². The van der Waals surface area contributed by atoms with Crippen molar-refractivity contribution in [2.45, 2.75) is 57.3 Å². The maximum Gasteiger partial charge on any atom is 0.335 e. The first-order chi connectivity index (χ1) is 17.4. The third-order valence-corrected chi connectivity index (χ3v) is 7.17. The highest BCUT2D eigenvalue weighted by Gasteiger charge is 2.23. The Bertz CT molecular complexity index is 1050. The van der Waals surface area contributed by atoms with Gasteiger partial charge in [0.05, 0.1) is 30.3 Å². The molecule has 36 heavy (non-hydrogen) atoms. The van der Waals surface area contributed by atoms with Gasteiger partial charge in [-0.15, -0.1) is 0 Å². The Kier molecular flexibility index (Phi) is 10.3. The summed E-state index contributed by atoms with van der Waals surface area (Å²) in [6.07, 6.45) is 7.69. The van der Waals surface area contributed by atoms with Gasteiger partial charge in [0.15, 0.2) is 0 Å². The van der Waals surface area contributed by atoms with E-state index in [1.807, 2.05) is 18.2 Å². The molecule has 1 saturated carbocycles. The molecule has 0 heterocycles. The molecular formula is C30H38O6. The zero-order chi connectivity index (χ0) is 26.1. The second-order valence-corrected chi connectivity index (χ2v) is 9.79. The molecule has 2 aromatic rings. The summed E-state index contributed by atoms with van der Waals surface area (Å²) >= 11 is 0. The van der Waals surface area contributed by atoms with Gasteiger partial charge in [-0.05, 0) is 59.4 Å². The molecule has 2 N–H and O–H groups in total. The second-order valence-electron chi connectivity index (χ2n) is 9.79. The monoisotopic (exact) mass is 494 g/mol. The first-order valence-electron chi connectivity index (χ1n) is 12.8. The van der Waals surface area contributed by atoms with Gasteiger partial charge < -0.3 is 19.7 Å². The molecule has 6 nitrogen and oxygen atoms in total. The summed E-state index contributed by atoms with van der Waals surface area (Å²) in [5.74, 6) is -0.360. The number of aliphatic hydroxyl groups is 2. The van der Waals surface area contributed by atoms with Crippen molar-refractivity contribution in [3.63, 3.8) is 0 Å². The summed E-state index contributed by atoms with van der Waals surface area (Å²) in [7, 11) is 0. The molecule has 194 valence electrons. The first kappa shape index (κ1) is 27.6. The highest BCUT2D eigenvalue weighted by molar-refractivity contribution is 5.88. The van der Waals surface area contributed by atoms with E-state index in [9.17, 15) is 9.59 Å². The largest absolute Gasteiger partial charge is 0.461 e. The molecule has 0 aliphatic heterocycles. The number of esters is 2. The average molecular weight is 495 g/mol. The van der Waals surface area contributed by atoms with Crippen molar-refractivity contribution >= 4 is 22.7 Å². The summed E-state index contributed by atoms with van der Waals surface area (Å²) in [5, 5.41) is 20.4. The predicted octanol–water partition coefficient (Wildman–Crippen LogP) is 5.18. The zero-order valence-corrected chi connectivity index (χ0v) is 21.2. The topological polar surface area (TPSA) is 93.1 Å². The lowest BCUT2D eigenvalue weighted by Crippen LogP contribution is -2.21. The minimum Gasteiger partial charge on any atom is -0.461 e. The SMILES string of the molecule is C=C(CO)C(=O)OCC(COC(=O)C(=C)CO)c1ccc2cc(C3CCC(CCC)CC3)ccc2c1. The fraction of sp³-hybridized carbons (Fsp3) is 0.467. The van der Waals surface area contributed by atoms with Crippen LogP contribution in [0.3, 0.4) is 0 Å². The van der Waals surface area contributed by atoms with Crippen molar-refractivity contribution < 1.29 is 29.3 Å². The molecule has 6 heteroatoms. The van der Waals surface area contributed by atoms with Crippen LogP contribution in [0.1, 0.15) is 68.4 Å². The van der Waals surface area contributed by atoms with E-state index in [2.05, 4.69) is 38.3 Å². The molecule has 0 spiro atoms. The van der Waals surface area contributed by atoms with Crippen LogP contribution in [-0.4, -0.2) is 48.6 Å². The number of fused-ring (bicyclic) bond motifs is 1. The van der Waals surface area contributed by atoms with E-state index in [-0.39, 0.29) is 24.4 Å². The lowest BCUT2D eigenvalue weighted by molar-refractivity contribution is -0.142. The summed E-state index contributed by atoms with van der Waals surface area (Å²) in [4.78, 5) is 24.0. The quantitative estimate of drug-likeness (QED) is 0.312. The molecular weight excluding hydrogens is 456 g/mol. The molecule has 2 aromatic carbocycles. The Morgan fingerprint density at radius 1 is 0.889 bits per heavy atom. The van der Waals surface area contributed by atoms with Gasteiger partial charge >= 0.3 is 11.9 Å². The number of carbonyl (C=O) groups excluding carboxylic acids is 2. The van der Waals surface area contributed by atoms with E-state index >= 15 is 0 Å². The van der Waals surface area contributed by atoms with E-state index in [4.69, 9.17) is 19.7 Å². The fourth-order valence-corrected chi connectivity index (χ4v) is 4.91. The van der Waals surface area contributed by atoms with Crippen LogP contribution in [-0.2, 0) is 19.1 Å². The number of carbonyl (C=O) groups is 2. The molecule has 1 aliphatic rings. The Morgan fingerprint density at radius 2 is 1.44 bits per heavy atom. The summed E-state index contributed by atoms with van der Waals surface area (Å²) in [6.45, 7) is 8.14. The van der Waals surface area contributed by atoms with Crippen molar-refractivity contribution in [3.05, 3.63) is 71.8 Å². The Labute approximate surface area is 213 Å². The van der Waals surface area contributed by atoms with Crippen LogP contribution < -0.4 is 0 Å². The number of hydrogen-bond acceptors (Lipinski definition) is 6. The summed E-state index contributed by atoms with van der Waals surface area (Å²) in [5.41, 5.74) is 2.14. The number of ether oxygens (including phenoxy) is 2. The van der Waals surface area contributed by atoms with E-state index in [1.54, 1.807) is 0 Å². The molecule has 0 saturated heterocycles. The number of benzene rings is 2. The van der Waals surface area contributed by atoms with Gasteiger partial charge in [-0.25, -0.2) is 9.59 Å². The van der Waals surface area contributed by atoms with E-state index in [0.717, 1.165) is 22.3 Å². The van der Waals surface area contributed by atoms with Gasteiger partial charge in [-0.3, -0.25) is 0 Å². The Hall–Kier alpha value is -2.96.